The number of hydrogen-bond acceptors (Lipinski definition) is 4. The summed E-state index contributed by atoms with van der Waals surface area (Å²) in [6.07, 6.45) is -4.56. The van der Waals surface area contributed by atoms with E-state index in [1.807, 2.05) is 5.10 Å². The number of piperazine rings is 1. The van der Waals surface area contributed by atoms with Crippen LogP contribution in [0.4, 0.5) is 24.7 Å². The molecule has 2 aliphatic heterocycles. The molecule has 1 atom stereocenters. The predicted molar refractivity (Wildman–Crippen MR) is 56.2 cm³/mol. The van der Waals surface area contributed by atoms with Crippen molar-refractivity contribution in [2.45, 2.75) is 12.2 Å². The van der Waals surface area contributed by atoms with Crippen LogP contribution in [0.5, 0.6) is 0 Å². The fraction of sp³-hybridized carbons (Fsp3) is 0.556. The molecule has 6 nitrogen and oxygen atoms in total. The van der Waals surface area contributed by atoms with Crippen molar-refractivity contribution >= 4 is 17.4 Å². The van der Waals surface area contributed by atoms with Crippen LogP contribution in [-0.4, -0.2) is 41.8 Å². The molecule has 1 amide bonds. The second-order valence-electron chi connectivity index (χ2n) is 4.20. The van der Waals surface area contributed by atoms with Crippen molar-refractivity contribution in [1.82, 2.24) is 15.5 Å². The monoisotopic (exact) mass is 261 g/mol. The molecule has 0 spiro atoms. The normalized spacial score (nSPS) is 23.4. The highest BCUT2D eigenvalue weighted by atomic mass is 19.4. The number of carbonyl (C=O) groups excluding carboxylic acids is 1. The first kappa shape index (κ1) is 11.3. The summed E-state index contributed by atoms with van der Waals surface area (Å²) in [4.78, 5) is 13.4. The Morgan fingerprint density at radius 1 is 1.39 bits per heavy atom. The Balaban J connectivity index is 2.06. The average molecular weight is 261 g/mol. The molecule has 2 aliphatic rings. The van der Waals surface area contributed by atoms with E-state index in [1.54, 1.807) is 4.90 Å². The third-order valence-corrected chi connectivity index (χ3v) is 3.10. The summed E-state index contributed by atoms with van der Waals surface area (Å²) < 4.78 is 38.1. The summed E-state index contributed by atoms with van der Waals surface area (Å²) in [5, 5.41) is 10.9. The number of hydrogen-bond donors (Lipinski definition) is 3. The molecule has 18 heavy (non-hydrogen) atoms. The second kappa shape index (κ2) is 3.61. The van der Waals surface area contributed by atoms with Crippen molar-refractivity contribution < 1.29 is 18.0 Å². The van der Waals surface area contributed by atoms with Crippen molar-refractivity contribution in [3.8, 4) is 0 Å². The van der Waals surface area contributed by atoms with E-state index < -0.39 is 23.8 Å². The van der Waals surface area contributed by atoms with Crippen molar-refractivity contribution in [1.29, 1.82) is 0 Å². The van der Waals surface area contributed by atoms with Crippen molar-refractivity contribution in [2.75, 3.05) is 29.9 Å². The van der Waals surface area contributed by atoms with Crippen LogP contribution in [0, 0.1) is 0 Å². The fourth-order valence-electron chi connectivity index (χ4n) is 2.26. The van der Waals surface area contributed by atoms with Gasteiger partial charge in [-0.05, 0) is 0 Å². The van der Waals surface area contributed by atoms with Gasteiger partial charge in [0.1, 0.15) is 11.7 Å². The molecule has 0 aliphatic carbocycles. The van der Waals surface area contributed by atoms with Crippen LogP contribution in [0.3, 0.4) is 0 Å². The van der Waals surface area contributed by atoms with E-state index in [9.17, 15) is 18.0 Å². The lowest BCUT2D eigenvalue weighted by Crippen LogP contribution is -2.59. The number of H-pyrrole nitrogens is 1. The van der Waals surface area contributed by atoms with Gasteiger partial charge >= 0.3 is 6.18 Å². The second-order valence-corrected chi connectivity index (χ2v) is 4.20. The number of fused-ring (bicyclic) bond motifs is 3. The van der Waals surface area contributed by atoms with Crippen molar-refractivity contribution in [3.63, 3.8) is 0 Å². The Kier molecular flexibility index (Phi) is 2.27. The van der Waals surface area contributed by atoms with Gasteiger partial charge < -0.3 is 15.5 Å². The fourth-order valence-corrected chi connectivity index (χ4v) is 2.26. The minimum absolute atomic E-state index is 0.161. The van der Waals surface area contributed by atoms with E-state index >= 15 is 0 Å². The predicted octanol–water partition coefficient (Wildman–Crippen LogP) is 0.159. The van der Waals surface area contributed by atoms with E-state index in [1.165, 1.54) is 0 Å². The van der Waals surface area contributed by atoms with Gasteiger partial charge in [-0.15, -0.1) is 0 Å². The topological polar surface area (TPSA) is 73.0 Å². The largest absolute Gasteiger partial charge is 0.434 e. The number of halogens is 3. The molecule has 9 heteroatoms. The molecular formula is C9H10F3N5O. The summed E-state index contributed by atoms with van der Waals surface area (Å²) in [5.74, 6) is -0.282. The Bertz CT molecular complexity index is 497. The molecule has 3 rings (SSSR count). The molecule has 3 heterocycles. The third-order valence-electron chi connectivity index (χ3n) is 3.10. The molecule has 1 unspecified atom stereocenters. The molecule has 98 valence electrons. The number of aromatic amines is 1. The number of nitrogens with one attached hydrogen (secondary N) is 3. The van der Waals surface area contributed by atoms with Gasteiger partial charge in [-0.2, -0.15) is 18.3 Å². The molecule has 1 aromatic rings. The first-order valence-electron chi connectivity index (χ1n) is 5.42. The summed E-state index contributed by atoms with van der Waals surface area (Å²) in [7, 11) is 0. The average Bonchev–Trinajstić information content (AvgIpc) is 2.73. The number of nitrogens with zero attached hydrogens (tertiary/aromatic N) is 2. The quantitative estimate of drug-likeness (QED) is 0.622. The first-order valence-corrected chi connectivity index (χ1v) is 5.42. The zero-order chi connectivity index (χ0) is 12.9. The lowest BCUT2D eigenvalue weighted by molar-refractivity contribution is -0.140. The molecule has 0 bridgehead atoms. The minimum Gasteiger partial charge on any atom is -0.339 e. The third kappa shape index (κ3) is 1.54. The molecular weight excluding hydrogens is 251 g/mol. The molecule has 1 saturated heterocycles. The number of rotatable bonds is 0. The smallest absolute Gasteiger partial charge is 0.339 e. The maximum atomic E-state index is 12.7. The summed E-state index contributed by atoms with van der Waals surface area (Å²) in [6.45, 7) is 1.46. The lowest BCUT2D eigenvalue weighted by Gasteiger charge is -2.38. The molecule has 1 fully saturated rings. The van der Waals surface area contributed by atoms with Gasteiger partial charge in [-0.3, -0.25) is 9.89 Å². The van der Waals surface area contributed by atoms with E-state index in [2.05, 4.69) is 15.7 Å². The van der Waals surface area contributed by atoms with Gasteiger partial charge in [0, 0.05) is 19.6 Å². The summed E-state index contributed by atoms with van der Waals surface area (Å²) >= 11 is 0. The highest BCUT2D eigenvalue weighted by molar-refractivity contribution is 6.03. The Hall–Kier alpha value is -1.77. The number of alkyl halides is 3. The minimum atomic E-state index is -4.56. The molecule has 0 aromatic carbocycles. The van der Waals surface area contributed by atoms with Crippen LogP contribution in [0.2, 0.25) is 0 Å². The van der Waals surface area contributed by atoms with E-state index in [4.69, 9.17) is 0 Å². The van der Waals surface area contributed by atoms with Crippen LogP contribution >= 0.6 is 0 Å². The standard InChI is InChI=1S/C9H10F3N5O/c10-9(11,12)6-5-7(16-15-6)17-2-1-13-3-4(17)8(18)14-5/h4,13H,1-3H2,(H,14,18)(H,15,16). The van der Waals surface area contributed by atoms with Gasteiger partial charge in [0.15, 0.2) is 11.5 Å². The lowest BCUT2D eigenvalue weighted by atomic mass is 10.1. The van der Waals surface area contributed by atoms with Gasteiger partial charge in [-0.1, -0.05) is 0 Å². The van der Waals surface area contributed by atoms with Crippen LogP contribution in [0.25, 0.3) is 0 Å². The van der Waals surface area contributed by atoms with Crippen LogP contribution < -0.4 is 15.5 Å². The summed E-state index contributed by atoms with van der Waals surface area (Å²) in [5.41, 5.74) is -1.28. The Morgan fingerprint density at radius 2 is 2.17 bits per heavy atom. The molecule has 3 N–H and O–H groups in total. The SMILES string of the molecule is O=C1Nc2c(n[nH]c2C(F)(F)F)N2CCNCC12. The van der Waals surface area contributed by atoms with E-state index in [-0.39, 0.29) is 11.5 Å². The summed E-state index contributed by atoms with van der Waals surface area (Å²) in [6, 6.07) is -0.504. The zero-order valence-electron chi connectivity index (χ0n) is 9.14. The van der Waals surface area contributed by atoms with Crippen molar-refractivity contribution in [2.24, 2.45) is 0 Å². The number of aromatic nitrogens is 2. The van der Waals surface area contributed by atoms with E-state index in [0.29, 0.717) is 19.6 Å². The maximum absolute atomic E-state index is 12.7. The zero-order valence-corrected chi connectivity index (χ0v) is 9.14. The van der Waals surface area contributed by atoms with E-state index in [0.717, 1.165) is 0 Å². The number of anilines is 2. The molecule has 0 radical (unpaired) electrons. The van der Waals surface area contributed by atoms with Crippen LogP contribution in [0.1, 0.15) is 5.69 Å². The van der Waals surface area contributed by atoms with Gasteiger partial charge in [0.2, 0.25) is 5.91 Å². The Labute approximate surface area is 99.5 Å². The van der Waals surface area contributed by atoms with Gasteiger partial charge in [0.05, 0.1) is 0 Å². The molecule has 1 aromatic heterocycles. The number of amides is 1. The van der Waals surface area contributed by atoms with Crippen LogP contribution in [0.15, 0.2) is 0 Å². The number of carbonyl (C=O) groups is 1. The first-order chi connectivity index (χ1) is 8.48. The van der Waals surface area contributed by atoms with Crippen molar-refractivity contribution in [3.05, 3.63) is 5.69 Å². The maximum Gasteiger partial charge on any atom is 0.434 e. The van der Waals surface area contributed by atoms with Crippen LogP contribution in [-0.2, 0) is 11.0 Å². The van der Waals surface area contributed by atoms with Gasteiger partial charge in [0.25, 0.3) is 0 Å². The molecule has 0 saturated carbocycles. The highest BCUT2D eigenvalue weighted by Gasteiger charge is 2.44. The Morgan fingerprint density at radius 3 is 2.89 bits per heavy atom. The highest BCUT2D eigenvalue weighted by Crippen LogP contribution is 2.40. The van der Waals surface area contributed by atoms with Gasteiger partial charge in [-0.25, -0.2) is 0 Å².